The molecule has 0 atom stereocenters. The van der Waals surface area contributed by atoms with E-state index in [0.29, 0.717) is 30.0 Å². The van der Waals surface area contributed by atoms with Gasteiger partial charge in [-0.2, -0.15) is 5.26 Å². The second-order valence-corrected chi connectivity index (χ2v) is 5.62. The first-order valence-electron chi connectivity index (χ1n) is 8.07. The second kappa shape index (κ2) is 9.23. The molecule has 1 amide bonds. The molecule has 0 saturated carbocycles. The van der Waals surface area contributed by atoms with Crippen LogP contribution in [-0.2, 0) is 11.2 Å². The minimum absolute atomic E-state index is 0.0767. The molecule has 6 nitrogen and oxygen atoms in total. The summed E-state index contributed by atoms with van der Waals surface area (Å²) >= 11 is 0. The third kappa shape index (κ3) is 4.84. The van der Waals surface area contributed by atoms with Gasteiger partial charge in [0.15, 0.2) is 11.5 Å². The summed E-state index contributed by atoms with van der Waals surface area (Å²) in [5.41, 5.74) is 1.80. The molecular formula is C20H21N3O3. The Hall–Kier alpha value is -3.33. The van der Waals surface area contributed by atoms with Crippen molar-refractivity contribution in [3.8, 4) is 17.6 Å². The van der Waals surface area contributed by atoms with E-state index >= 15 is 0 Å². The zero-order valence-corrected chi connectivity index (χ0v) is 15.1. The van der Waals surface area contributed by atoms with Gasteiger partial charge in [-0.3, -0.25) is 9.78 Å². The Kier molecular flexibility index (Phi) is 6.75. The normalized spacial score (nSPS) is 10.8. The molecule has 26 heavy (non-hydrogen) atoms. The van der Waals surface area contributed by atoms with Crippen molar-refractivity contribution in [1.82, 2.24) is 9.88 Å². The molecule has 1 heterocycles. The third-order valence-corrected chi connectivity index (χ3v) is 3.88. The lowest BCUT2D eigenvalue weighted by molar-refractivity contribution is -0.125. The third-order valence-electron chi connectivity index (χ3n) is 3.88. The molecule has 0 radical (unpaired) electrons. The maximum atomic E-state index is 12.5. The van der Waals surface area contributed by atoms with Crippen molar-refractivity contribution in [2.24, 2.45) is 0 Å². The fourth-order valence-electron chi connectivity index (χ4n) is 2.41. The monoisotopic (exact) mass is 351 g/mol. The lowest BCUT2D eigenvalue weighted by atomic mass is 10.1. The van der Waals surface area contributed by atoms with E-state index in [0.717, 1.165) is 5.56 Å². The summed E-state index contributed by atoms with van der Waals surface area (Å²) in [6, 6.07) is 11.2. The smallest absolute Gasteiger partial charge is 0.264 e. The van der Waals surface area contributed by atoms with Crippen LogP contribution in [0, 0.1) is 11.3 Å². The highest BCUT2D eigenvalue weighted by molar-refractivity contribution is 6.01. The Morgan fingerprint density at radius 1 is 1.27 bits per heavy atom. The number of nitrogens with zero attached hydrogens (tertiary/aromatic N) is 3. The van der Waals surface area contributed by atoms with E-state index in [1.165, 1.54) is 4.90 Å². The predicted octanol–water partition coefficient (Wildman–Crippen LogP) is 2.71. The van der Waals surface area contributed by atoms with Crippen LogP contribution in [0.5, 0.6) is 11.5 Å². The summed E-state index contributed by atoms with van der Waals surface area (Å²) in [4.78, 5) is 18.0. The molecular weight excluding hydrogens is 330 g/mol. The molecule has 0 bridgehead atoms. The summed E-state index contributed by atoms with van der Waals surface area (Å²) in [7, 11) is 4.85. The van der Waals surface area contributed by atoms with Gasteiger partial charge < -0.3 is 14.4 Å². The van der Waals surface area contributed by atoms with Crippen molar-refractivity contribution in [2.45, 2.75) is 6.42 Å². The van der Waals surface area contributed by atoms with Gasteiger partial charge in [-0.25, -0.2) is 0 Å². The zero-order chi connectivity index (χ0) is 18.9. The number of methoxy groups -OCH3 is 2. The molecule has 0 fully saturated rings. The van der Waals surface area contributed by atoms with Gasteiger partial charge in [-0.15, -0.1) is 0 Å². The first-order valence-corrected chi connectivity index (χ1v) is 8.07. The number of likely N-dealkylation sites (N-methyl/N-ethyl adjacent to an activating group) is 1. The van der Waals surface area contributed by atoms with Crippen molar-refractivity contribution < 1.29 is 14.3 Å². The van der Waals surface area contributed by atoms with E-state index in [1.54, 1.807) is 51.9 Å². The largest absolute Gasteiger partial charge is 0.493 e. The van der Waals surface area contributed by atoms with E-state index in [-0.39, 0.29) is 11.5 Å². The minimum atomic E-state index is -0.322. The zero-order valence-electron chi connectivity index (χ0n) is 15.1. The number of carbonyl (C=O) groups is 1. The lowest BCUT2D eigenvalue weighted by Gasteiger charge is -2.17. The molecule has 1 aromatic carbocycles. The number of aromatic nitrogens is 1. The molecule has 0 aliphatic carbocycles. The van der Waals surface area contributed by atoms with Crippen molar-refractivity contribution in [3.05, 3.63) is 59.4 Å². The minimum Gasteiger partial charge on any atom is -0.493 e. The van der Waals surface area contributed by atoms with Gasteiger partial charge in [0.25, 0.3) is 5.91 Å². The number of pyridine rings is 1. The average Bonchev–Trinajstić information content (AvgIpc) is 2.70. The fraction of sp³-hybridized carbons (Fsp3) is 0.250. The van der Waals surface area contributed by atoms with Crippen LogP contribution < -0.4 is 9.47 Å². The highest BCUT2D eigenvalue weighted by atomic mass is 16.5. The standard InChI is InChI=1S/C20H21N3O3/c1-23(10-8-15-6-7-18(25-2)19(12-15)26-3)20(24)17(13-21)11-16-5-4-9-22-14-16/h4-7,9,11-12,14H,8,10H2,1-3H3/b17-11+. The van der Waals surface area contributed by atoms with E-state index in [9.17, 15) is 10.1 Å². The maximum Gasteiger partial charge on any atom is 0.264 e. The number of hydrogen-bond acceptors (Lipinski definition) is 5. The summed E-state index contributed by atoms with van der Waals surface area (Å²) < 4.78 is 10.5. The number of amides is 1. The van der Waals surface area contributed by atoms with Crippen LogP contribution in [0.25, 0.3) is 6.08 Å². The SMILES string of the molecule is COc1ccc(CCN(C)C(=O)/C(C#N)=C/c2cccnc2)cc1OC. The van der Waals surface area contributed by atoms with Gasteiger partial charge in [-0.1, -0.05) is 12.1 Å². The van der Waals surface area contributed by atoms with E-state index in [4.69, 9.17) is 9.47 Å². The molecule has 0 aliphatic heterocycles. The Morgan fingerprint density at radius 3 is 2.65 bits per heavy atom. The van der Waals surface area contributed by atoms with Gasteiger partial charge >= 0.3 is 0 Å². The number of hydrogen-bond donors (Lipinski definition) is 0. The van der Waals surface area contributed by atoms with Gasteiger partial charge in [0.2, 0.25) is 0 Å². The van der Waals surface area contributed by atoms with Crippen LogP contribution in [0.1, 0.15) is 11.1 Å². The van der Waals surface area contributed by atoms with Crippen LogP contribution in [-0.4, -0.2) is 43.6 Å². The highest BCUT2D eigenvalue weighted by Gasteiger charge is 2.15. The number of benzene rings is 1. The highest BCUT2D eigenvalue weighted by Crippen LogP contribution is 2.27. The lowest BCUT2D eigenvalue weighted by Crippen LogP contribution is -2.29. The molecule has 2 aromatic rings. The second-order valence-electron chi connectivity index (χ2n) is 5.62. The first-order chi connectivity index (χ1) is 12.6. The molecule has 0 unspecified atom stereocenters. The van der Waals surface area contributed by atoms with Gasteiger partial charge in [0.1, 0.15) is 11.6 Å². The average molecular weight is 351 g/mol. The van der Waals surface area contributed by atoms with Gasteiger partial charge in [0.05, 0.1) is 14.2 Å². The molecule has 0 aliphatic rings. The van der Waals surface area contributed by atoms with Crippen molar-refractivity contribution in [1.29, 1.82) is 5.26 Å². The predicted molar refractivity (Wildman–Crippen MR) is 98.7 cm³/mol. The summed E-state index contributed by atoms with van der Waals surface area (Å²) in [6.07, 6.45) is 5.42. The van der Waals surface area contributed by atoms with Crippen molar-refractivity contribution >= 4 is 12.0 Å². The van der Waals surface area contributed by atoms with Crippen LogP contribution in [0.2, 0.25) is 0 Å². The Balaban J connectivity index is 2.05. The summed E-state index contributed by atoms with van der Waals surface area (Å²) in [5, 5.41) is 9.30. The first kappa shape index (κ1) is 19.0. The number of ether oxygens (including phenoxy) is 2. The quantitative estimate of drug-likeness (QED) is 0.566. The number of nitriles is 1. The summed E-state index contributed by atoms with van der Waals surface area (Å²) in [5.74, 6) is 0.983. The van der Waals surface area contributed by atoms with Crippen LogP contribution in [0.4, 0.5) is 0 Å². The number of carbonyl (C=O) groups excluding carboxylic acids is 1. The van der Waals surface area contributed by atoms with E-state index in [1.807, 2.05) is 24.3 Å². The molecule has 0 saturated heterocycles. The molecule has 6 heteroatoms. The topological polar surface area (TPSA) is 75.5 Å². The van der Waals surface area contributed by atoms with E-state index < -0.39 is 0 Å². The Labute approximate surface area is 153 Å². The molecule has 0 N–H and O–H groups in total. The van der Waals surface area contributed by atoms with Crippen molar-refractivity contribution in [2.75, 3.05) is 27.8 Å². The Bertz CT molecular complexity index is 826. The fourth-order valence-corrected chi connectivity index (χ4v) is 2.41. The molecule has 2 rings (SSSR count). The van der Waals surface area contributed by atoms with Gasteiger partial charge in [-0.05, 0) is 41.8 Å². The van der Waals surface area contributed by atoms with Crippen LogP contribution >= 0.6 is 0 Å². The maximum absolute atomic E-state index is 12.5. The van der Waals surface area contributed by atoms with E-state index in [2.05, 4.69) is 4.98 Å². The molecule has 1 aromatic heterocycles. The van der Waals surface area contributed by atoms with Gasteiger partial charge in [0, 0.05) is 26.0 Å². The summed E-state index contributed by atoms with van der Waals surface area (Å²) in [6.45, 7) is 0.473. The number of rotatable bonds is 7. The van der Waals surface area contributed by atoms with Crippen LogP contribution in [0.3, 0.4) is 0 Å². The molecule has 134 valence electrons. The van der Waals surface area contributed by atoms with Crippen molar-refractivity contribution in [3.63, 3.8) is 0 Å². The van der Waals surface area contributed by atoms with Crippen LogP contribution in [0.15, 0.2) is 48.3 Å². The molecule has 0 spiro atoms. The Morgan fingerprint density at radius 2 is 2.04 bits per heavy atom.